The smallest absolute Gasteiger partial charge is 0.223 e. The summed E-state index contributed by atoms with van der Waals surface area (Å²) in [6, 6.07) is 8.55. The first kappa shape index (κ1) is 21.2. The summed E-state index contributed by atoms with van der Waals surface area (Å²) in [4.78, 5) is 11.9. The van der Waals surface area contributed by atoms with E-state index in [1.165, 1.54) is 0 Å². The van der Waals surface area contributed by atoms with Crippen LogP contribution < -0.4 is 10.0 Å². The molecule has 8 heteroatoms. The Morgan fingerprint density at radius 1 is 1.14 bits per heavy atom. The number of sulfonamides is 1. The van der Waals surface area contributed by atoms with Gasteiger partial charge in [-0.05, 0) is 37.7 Å². The molecule has 3 rings (SSSR count). The molecule has 3 atom stereocenters. The van der Waals surface area contributed by atoms with E-state index in [0.29, 0.717) is 31.4 Å². The number of carbonyl (C=O) groups excluding carboxylic acids is 1. The summed E-state index contributed by atoms with van der Waals surface area (Å²) in [5, 5.41) is 12.6. The summed E-state index contributed by atoms with van der Waals surface area (Å²) >= 11 is 0. The number of nitrogens with one attached hydrogen (secondary N) is 2. The van der Waals surface area contributed by atoms with E-state index in [9.17, 15) is 18.3 Å². The molecule has 0 aromatic heterocycles. The zero-order chi connectivity index (χ0) is 20.0. The molecule has 1 saturated heterocycles. The predicted octanol–water partition coefficient (Wildman–Crippen LogP) is 1.32. The fourth-order valence-corrected chi connectivity index (χ4v) is 5.16. The lowest BCUT2D eigenvalue weighted by atomic mass is 9.85. The van der Waals surface area contributed by atoms with Crippen LogP contribution in [0.3, 0.4) is 0 Å². The quantitative estimate of drug-likeness (QED) is 0.570. The van der Waals surface area contributed by atoms with Crippen LogP contribution in [0.25, 0.3) is 0 Å². The number of hydrogen-bond acceptors (Lipinski definition) is 5. The maximum Gasteiger partial charge on any atom is 0.223 e. The first-order valence-electron chi connectivity index (χ1n) is 10.0. The minimum Gasteiger partial charge on any atom is -0.394 e. The molecule has 2 fully saturated rings. The van der Waals surface area contributed by atoms with Crippen LogP contribution in [-0.4, -0.2) is 50.8 Å². The number of benzene rings is 1. The Morgan fingerprint density at radius 3 is 2.54 bits per heavy atom. The van der Waals surface area contributed by atoms with Crippen molar-refractivity contribution < 1.29 is 23.1 Å². The molecule has 1 aromatic carbocycles. The zero-order valence-electron chi connectivity index (χ0n) is 16.0. The fraction of sp³-hybridized carbons (Fsp3) is 0.650. The van der Waals surface area contributed by atoms with Crippen molar-refractivity contribution in [2.24, 2.45) is 5.92 Å². The maximum atomic E-state index is 12.5. The van der Waals surface area contributed by atoms with Gasteiger partial charge < -0.3 is 15.2 Å². The second-order valence-electron chi connectivity index (χ2n) is 7.73. The topological polar surface area (TPSA) is 105 Å². The SMILES string of the molecule is O=C(NCC[C@@H]1CC[C@@H](NS(=O)(=O)Cc2ccccc2)[C@@H](CO)O1)C1CCC1. The number of aliphatic hydroxyl groups excluding tert-OH is 1. The molecule has 1 amide bonds. The van der Waals surface area contributed by atoms with E-state index in [2.05, 4.69) is 10.0 Å². The first-order valence-corrected chi connectivity index (χ1v) is 11.7. The van der Waals surface area contributed by atoms with E-state index < -0.39 is 22.2 Å². The van der Waals surface area contributed by atoms with Crippen molar-refractivity contribution >= 4 is 15.9 Å². The number of hydrogen-bond donors (Lipinski definition) is 3. The highest BCUT2D eigenvalue weighted by molar-refractivity contribution is 7.88. The molecule has 2 aliphatic rings. The molecule has 1 heterocycles. The lowest BCUT2D eigenvalue weighted by Crippen LogP contribution is -2.51. The Kier molecular flexibility index (Phi) is 7.45. The molecule has 1 aromatic rings. The molecule has 1 aliphatic heterocycles. The summed E-state index contributed by atoms with van der Waals surface area (Å²) in [6.45, 7) is 0.298. The third-order valence-electron chi connectivity index (χ3n) is 5.57. The van der Waals surface area contributed by atoms with Gasteiger partial charge >= 0.3 is 0 Å². The number of ether oxygens (including phenoxy) is 1. The Hall–Kier alpha value is -1.48. The van der Waals surface area contributed by atoms with Gasteiger partial charge in [0, 0.05) is 12.5 Å². The van der Waals surface area contributed by atoms with Crippen molar-refractivity contribution in [3.05, 3.63) is 35.9 Å². The van der Waals surface area contributed by atoms with Gasteiger partial charge in [-0.15, -0.1) is 0 Å². The second kappa shape index (κ2) is 9.82. The highest BCUT2D eigenvalue weighted by atomic mass is 32.2. The highest BCUT2D eigenvalue weighted by Crippen LogP contribution is 2.26. The van der Waals surface area contributed by atoms with Gasteiger partial charge in [0.2, 0.25) is 15.9 Å². The maximum absolute atomic E-state index is 12.5. The Bertz CT molecular complexity index is 736. The zero-order valence-corrected chi connectivity index (χ0v) is 16.9. The molecular weight excluding hydrogens is 380 g/mol. The molecule has 28 heavy (non-hydrogen) atoms. The molecule has 0 unspecified atom stereocenters. The van der Waals surface area contributed by atoms with Crippen molar-refractivity contribution in [3.8, 4) is 0 Å². The van der Waals surface area contributed by atoms with E-state index in [1.807, 2.05) is 6.07 Å². The van der Waals surface area contributed by atoms with E-state index in [-0.39, 0.29) is 30.3 Å². The predicted molar refractivity (Wildman–Crippen MR) is 106 cm³/mol. The third-order valence-corrected chi connectivity index (χ3v) is 6.94. The van der Waals surface area contributed by atoms with Crippen molar-refractivity contribution in [2.75, 3.05) is 13.2 Å². The van der Waals surface area contributed by atoms with Gasteiger partial charge in [-0.2, -0.15) is 0 Å². The van der Waals surface area contributed by atoms with Gasteiger partial charge in [0.25, 0.3) is 0 Å². The molecule has 1 aliphatic carbocycles. The van der Waals surface area contributed by atoms with Gasteiger partial charge in [0.1, 0.15) is 0 Å². The second-order valence-corrected chi connectivity index (χ2v) is 9.49. The molecule has 1 saturated carbocycles. The van der Waals surface area contributed by atoms with E-state index >= 15 is 0 Å². The molecule has 7 nitrogen and oxygen atoms in total. The van der Waals surface area contributed by atoms with Crippen LogP contribution in [0.1, 0.15) is 44.1 Å². The van der Waals surface area contributed by atoms with E-state index in [1.54, 1.807) is 24.3 Å². The fourth-order valence-electron chi connectivity index (χ4n) is 3.72. The van der Waals surface area contributed by atoms with Gasteiger partial charge in [0.05, 0.1) is 30.6 Å². The van der Waals surface area contributed by atoms with Crippen LogP contribution >= 0.6 is 0 Å². The number of amides is 1. The number of carbonyl (C=O) groups is 1. The average Bonchev–Trinajstić information content (AvgIpc) is 2.61. The molecule has 0 bridgehead atoms. The Morgan fingerprint density at radius 2 is 1.89 bits per heavy atom. The normalized spacial score (nSPS) is 25.8. The van der Waals surface area contributed by atoms with E-state index in [4.69, 9.17) is 4.74 Å². The summed E-state index contributed by atoms with van der Waals surface area (Å²) in [6.07, 6.45) is 4.36. The third kappa shape index (κ3) is 6.01. The van der Waals surface area contributed by atoms with Crippen LogP contribution in [0.5, 0.6) is 0 Å². The standard InChI is InChI=1S/C20H30N2O5S/c23-13-19-18(22-28(25,26)14-15-5-2-1-3-6-15)10-9-17(27-19)11-12-21-20(24)16-7-4-8-16/h1-3,5-6,16-19,22-23H,4,7-14H2,(H,21,24)/t17-,18+,19+/m0/s1. The lowest BCUT2D eigenvalue weighted by Gasteiger charge is -2.36. The van der Waals surface area contributed by atoms with Crippen molar-refractivity contribution in [1.82, 2.24) is 10.0 Å². The molecule has 0 spiro atoms. The minimum absolute atomic E-state index is 0.0892. The molecule has 0 radical (unpaired) electrons. The van der Waals surface area contributed by atoms with Gasteiger partial charge in [-0.1, -0.05) is 36.8 Å². The van der Waals surface area contributed by atoms with Crippen LogP contribution in [-0.2, 0) is 25.3 Å². The van der Waals surface area contributed by atoms with Crippen LogP contribution in [0.15, 0.2) is 30.3 Å². The van der Waals surface area contributed by atoms with Crippen molar-refractivity contribution in [1.29, 1.82) is 0 Å². The summed E-state index contributed by atoms with van der Waals surface area (Å²) < 4.78 is 33.5. The van der Waals surface area contributed by atoms with Crippen LogP contribution in [0.4, 0.5) is 0 Å². The Labute approximate surface area is 166 Å². The monoisotopic (exact) mass is 410 g/mol. The van der Waals surface area contributed by atoms with Gasteiger partial charge in [0.15, 0.2) is 0 Å². The summed E-state index contributed by atoms with van der Waals surface area (Å²) in [5.41, 5.74) is 0.715. The van der Waals surface area contributed by atoms with Crippen molar-refractivity contribution in [3.63, 3.8) is 0 Å². The molecule has 156 valence electrons. The largest absolute Gasteiger partial charge is 0.394 e. The van der Waals surface area contributed by atoms with Crippen molar-refractivity contribution in [2.45, 2.75) is 62.5 Å². The Balaban J connectivity index is 1.45. The highest BCUT2D eigenvalue weighted by Gasteiger charge is 2.33. The average molecular weight is 411 g/mol. The first-order chi connectivity index (χ1) is 13.5. The number of aliphatic hydroxyl groups is 1. The van der Waals surface area contributed by atoms with E-state index in [0.717, 1.165) is 19.3 Å². The summed E-state index contributed by atoms with van der Waals surface area (Å²) in [7, 11) is -3.53. The molecule has 3 N–H and O–H groups in total. The van der Waals surface area contributed by atoms with Gasteiger partial charge in [-0.3, -0.25) is 4.79 Å². The number of rotatable bonds is 9. The van der Waals surface area contributed by atoms with Gasteiger partial charge in [-0.25, -0.2) is 13.1 Å². The van der Waals surface area contributed by atoms with Crippen LogP contribution in [0.2, 0.25) is 0 Å². The molecular formula is C20H30N2O5S. The van der Waals surface area contributed by atoms with Crippen LogP contribution in [0, 0.1) is 5.92 Å². The minimum atomic E-state index is -3.53. The lowest BCUT2D eigenvalue weighted by molar-refractivity contribution is -0.127. The summed E-state index contributed by atoms with van der Waals surface area (Å²) in [5.74, 6) is 0.187.